The average Bonchev–Trinajstić information content (AvgIpc) is 2.46. The van der Waals surface area contributed by atoms with Crippen LogP contribution in [0, 0.1) is 0 Å². The first-order chi connectivity index (χ1) is 9.20. The van der Waals surface area contributed by atoms with E-state index >= 15 is 0 Å². The molecule has 0 heterocycles. The van der Waals surface area contributed by atoms with Gasteiger partial charge in [0.05, 0.1) is 11.6 Å². The Balaban J connectivity index is 1.97. The van der Waals surface area contributed by atoms with Gasteiger partial charge in [-0.25, -0.2) is 0 Å². The van der Waals surface area contributed by atoms with E-state index in [0.717, 1.165) is 16.8 Å². The number of methoxy groups -OCH3 is 1. The molecule has 0 aromatic heterocycles. The van der Waals surface area contributed by atoms with E-state index in [1.807, 2.05) is 12.1 Å². The Morgan fingerprint density at radius 3 is 2.53 bits per heavy atom. The van der Waals surface area contributed by atoms with Gasteiger partial charge >= 0.3 is 0 Å². The molecule has 2 rings (SSSR count). The third-order valence-corrected chi connectivity index (χ3v) is 3.75. The first kappa shape index (κ1) is 14.1. The highest BCUT2D eigenvalue weighted by atomic mass is 79.9. The van der Waals surface area contributed by atoms with Gasteiger partial charge in [0.2, 0.25) is 0 Å². The predicted octanol–water partition coefficient (Wildman–Crippen LogP) is 4.31. The minimum absolute atomic E-state index is 0.335. The van der Waals surface area contributed by atoms with E-state index in [9.17, 15) is 0 Å². The molecule has 100 valence electrons. The lowest BCUT2D eigenvalue weighted by Gasteiger charge is -2.14. The Kier molecular flexibility index (Phi) is 5.00. The highest BCUT2D eigenvalue weighted by molar-refractivity contribution is 9.10. The second-order valence-corrected chi connectivity index (χ2v) is 5.34. The number of nitrogens with one attached hydrogen (secondary N) is 1. The van der Waals surface area contributed by atoms with Crippen LogP contribution in [0.4, 0.5) is 0 Å². The second kappa shape index (κ2) is 6.73. The van der Waals surface area contributed by atoms with Crippen molar-refractivity contribution in [2.75, 3.05) is 7.11 Å². The van der Waals surface area contributed by atoms with E-state index in [2.05, 4.69) is 64.6 Å². The fourth-order valence-corrected chi connectivity index (χ4v) is 2.54. The van der Waals surface area contributed by atoms with Crippen LogP contribution in [0.25, 0.3) is 0 Å². The third kappa shape index (κ3) is 3.82. The Bertz CT molecular complexity index is 528. The molecule has 0 spiro atoms. The van der Waals surface area contributed by atoms with E-state index < -0.39 is 0 Å². The quantitative estimate of drug-likeness (QED) is 0.886. The number of halogens is 1. The summed E-state index contributed by atoms with van der Waals surface area (Å²) in [5.74, 6) is 0.861. The van der Waals surface area contributed by atoms with E-state index in [-0.39, 0.29) is 0 Å². The number of hydrogen-bond acceptors (Lipinski definition) is 2. The molecule has 0 aliphatic rings. The number of benzene rings is 2. The zero-order chi connectivity index (χ0) is 13.7. The van der Waals surface area contributed by atoms with Crippen molar-refractivity contribution in [3.8, 4) is 5.75 Å². The minimum Gasteiger partial charge on any atom is -0.496 e. The van der Waals surface area contributed by atoms with Crippen LogP contribution in [0.3, 0.4) is 0 Å². The number of hydrogen-bond donors (Lipinski definition) is 1. The summed E-state index contributed by atoms with van der Waals surface area (Å²) in [6.45, 7) is 3.01. The average molecular weight is 320 g/mol. The van der Waals surface area contributed by atoms with E-state index in [0.29, 0.717) is 6.04 Å². The lowest BCUT2D eigenvalue weighted by Crippen LogP contribution is -2.17. The van der Waals surface area contributed by atoms with Crippen molar-refractivity contribution in [3.63, 3.8) is 0 Å². The maximum Gasteiger partial charge on any atom is 0.133 e. The van der Waals surface area contributed by atoms with E-state index in [1.54, 1.807) is 7.11 Å². The Labute approximate surface area is 122 Å². The van der Waals surface area contributed by atoms with Gasteiger partial charge in [-0.3, -0.25) is 0 Å². The fraction of sp³-hybridized carbons (Fsp3) is 0.250. The molecule has 0 fully saturated rings. The van der Waals surface area contributed by atoms with Crippen molar-refractivity contribution in [2.24, 2.45) is 0 Å². The van der Waals surface area contributed by atoms with Gasteiger partial charge in [0.15, 0.2) is 0 Å². The van der Waals surface area contributed by atoms with Crippen LogP contribution in [-0.4, -0.2) is 7.11 Å². The molecule has 19 heavy (non-hydrogen) atoms. The molecule has 0 amide bonds. The van der Waals surface area contributed by atoms with Crippen LogP contribution in [0.1, 0.15) is 24.1 Å². The maximum absolute atomic E-state index is 5.23. The first-order valence-electron chi connectivity index (χ1n) is 6.31. The molecular weight excluding hydrogens is 302 g/mol. The Morgan fingerprint density at radius 1 is 1.16 bits per heavy atom. The van der Waals surface area contributed by atoms with Crippen LogP contribution in [0.2, 0.25) is 0 Å². The summed E-state index contributed by atoms with van der Waals surface area (Å²) in [6.07, 6.45) is 0. The lowest BCUT2D eigenvalue weighted by atomic mass is 10.1. The molecule has 3 heteroatoms. The molecule has 0 aliphatic heterocycles. The second-order valence-electron chi connectivity index (χ2n) is 4.48. The fourth-order valence-electron chi connectivity index (χ4n) is 1.95. The molecule has 2 nitrogen and oxygen atoms in total. The van der Waals surface area contributed by atoms with Gasteiger partial charge in [-0.1, -0.05) is 36.4 Å². The summed E-state index contributed by atoms with van der Waals surface area (Å²) in [5.41, 5.74) is 2.53. The Morgan fingerprint density at radius 2 is 1.89 bits per heavy atom. The molecule has 2 aromatic rings. The molecule has 0 saturated carbocycles. The third-order valence-electron chi connectivity index (χ3n) is 3.13. The van der Waals surface area contributed by atoms with Gasteiger partial charge in [-0.15, -0.1) is 0 Å². The van der Waals surface area contributed by atoms with Crippen molar-refractivity contribution in [1.82, 2.24) is 5.32 Å². The summed E-state index contributed by atoms with van der Waals surface area (Å²) in [6, 6.07) is 16.9. The van der Waals surface area contributed by atoms with E-state index in [4.69, 9.17) is 4.74 Å². The van der Waals surface area contributed by atoms with Crippen molar-refractivity contribution in [1.29, 1.82) is 0 Å². The van der Waals surface area contributed by atoms with Crippen LogP contribution >= 0.6 is 15.9 Å². The molecule has 2 aromatic carbocycles. The summed E-state index contributed by atoms with van der Waals surface area (Å²) in [5, 5.41) is 3.52. The molecule has 0 saturated heterocycles. The summed E-state index contributed by atoms with van der Waals surface area (Å²) >= 11 is 3.51. The van der Waals surface area contributed by atoms with Gasteiger partial charge in [0, 0.05) is 12.6 Å². The number of rotatable bonds is 5. The van der Waals surface area contributed by atoms with Crippen LogP contribution in [0.15, 0.2) is 53.0 Å². The molecule has 1 N–H and O–H groups in total. The SMILES string of the molecule is COc1ccc(CN[C@H](C)c2ccccc2)cc1Br. The molecule has 0 unspecified atom stereocenters. The zero-order valence-electron chi connectivity index (χ0n) is 11.2. The van der Waals surface area contributed by atoms with Gasteiger partial charge < -0.3 is 10.1 Å². The van der Waals surface area contributed by atoms with Crippen LogP contribution < -0.4 is 10.1 Å². The first-order valence-corrected chi connectivity index (χ1v) is 7.10. The van der Waals surface area contributed by atoms with Gasteiger partial charge in [0.1, 0.15) is 5.75 Å². The molecule has 0 radical (unpaired) electrons. The van der Waals surface area contributed by atoms with Crippen molar-refractivity contribution >= 4 is 15.9 Å². The van der Waals surface area contributed by atoms with Gasteiger partial charge in [0.25, 0.3) is 0 Å². The predicted molar refractivity (Wildman–Crippen MR) is 82.4 cm³/mol. The summed E-state index contributed by atoms with van der Waals surface area (Å²) < 4.78 is 6.22. The van der Waals surface area contributed by atoms with E-state index in [1.165, 1.54) is 11.1 Å². The largest absolute Gasteiger partial charge is 0.496 e. The van der Waals surface area contributed by atoms with Crippen molar-refractivity contribution in [3.05, 3.63) is 64.1 Å². The van der Waals surface area contributed by atoms with Gasteiger partial charge in [-0.2, -0.15) is 0 Å². The highest BCUT2D eigenvalue weighted by Crippen LogP contribution is 2.25. The van der Waals surface area contributed by atoms with Crippen LogP contribution in [-0.2, 0) is 6.54 Å². The molecule has 0 aliphatic carbocycles. The standard InChI is InChI=1S/C16H18BrNO/c1-12(14-6-4-3-5-7-14)18-11-13-8-9-16(19-2)15(17)10-13/h3-10,12,18H,11H2,1-2H3/t12-/m1/s1. The summed E-state index contributed by atoms with van der Waals surface area (Å²) in [7, 11) is 1.68. The zero-order valence-corrected chi connectivity index (χ0v) is 12.8. The Hall–Kier alpha value is -1.32. The van der Waals surface area contributed by atoms with Gasteiger partial charge in [-0.05, 0) is 46.1 Å². The monoisotopic (exact) mass is 319 g/mol. The number of ether oxygens (including phenoxy) is 1. The molecule has 0 bridgehead atoms. The topological polar surface area (TPSA) is 21.3 Å². The normalized spacial score (nSPS) is 12.2. The van der Waals surface area contributed by atoms with Crippen LogP contribution in [0.5, 0.6) is 5.75 Å². The maximum atomic E-state index is 5.23. The molecular formula is C16H18BrNO. The smallest absolute Gasteiger partial charge is 0.133 e. The van der Waals surface area contributed by atoms with Crippen molar-refractivity contribution < 1.29 is 4.74 Å². The lowest BCUT2D eigenvalue weighted by molar-refractivity contribution is 0.412. The molecule has 1 atom stereocenters. The summed E-state index contributed by atoms with van der Waals surface area (Å²) in [4.78, 5) is 0. The van der Waals surface area contributed by atoms with Crippen molar-refractivity contribution in [2.45, 2.75) is 19.5 Å². The highest BCUT2D eigenvalue weighted by Gasteiger charge is 2.05. The minimum atomic E-state index is 0.335.